The first-order valence-corrected chi connectivity index (χ1v) is 2.96. The predicted molar refractivity (Wildman–Crippen MR) is 33.6 cm³/mol. The van der Waals surface area contributed by atoms with E-state index in [-0.39, 0.29) is 11.7 Å². The highest BCUT2D eigenvalue weighted by Crippen LogP contribution is 1.94. The van der Waals surface area contributed by atoms with E-state index < -0.39 is 0 Å². The Morgan fingerprint density at radius 1 is 1.89 bits per heavy atom. The van der Waals surface area contributed by atoms with Crippen molar-refractivity contribution in [1.29, 1.82) is 0 Å². The number of hydrogen-bond acceptors (Lipinski definition) is 2. The van der Waals surface area contributed by atoms with Crippen molar-refractivity contribution in [3.8, 4) is 0 Å². The SMILES string of the molecule is O=C(CCl)c1ccn[nH]1. The summed E-state index contributed by atoms with van der Waals surface area (Å²) in [4.78, 5) is 10.7. The minimum absolute atomic E-state index is 0.00218. The number of carbonyl (C=O) groups excluding carboxylic acids is 1. The zero-order chi connectivity index (χ0) is 6.69. The lowest BCUT2D eigenvalue weighted by Crippen LogP contribution is -1.99. The van der Waals surface area contributed by atoms with Crippen LogP contribution in [0.5, 0.6) is 0 Å². The lowest BCUT2D eigenvalue weighted by molar-refractivity contribution is 0.101. The van der Waals surface area contributed by atoms with Crippen molar-refractivity contribution < 1.29 is 4.79 Å². The van der Waals surface area contributed by atoms with Crippen LogP contribution in [0.2, 0.25) is 0 Å². The van der Waals surface area contributed by atoms with Gasteiger partial charge in [0.05, 0.1) is 5.88 Å². The molecule has 0 saturated heterocycles. The van der Waals surface area contributed by atoms with Crippen LogP contribution in [0.1, 0.15) is 10.5 Å². The monoisotopic (exact) mass is 144 g/mol. The van der Waals surface area contributed by atoms with Crippen LogP contribution in [-0.2, 0) is 0 Å². The van der Waals surface area contributed by atoms with Crippen LogP contribution in [0, 0.1) is 0 Å². The predicted octanol–water partition coefficient (Wildman–Crippen LogP) is 0.831. The highest BCUT2D eigenvalue weighted by Gasteiger charge is 2.02. The van der Waals surface area contributed by atoms with Crippen LogP contribution >= 0.6 is 11.6 Å². The molecule has 0 amide bonds. The van der Waals surface area contributed by atoms with Gasteiger partial charge in [0, 0.05) is 6.20 Å². The van der Waals surface area contributed by atoms with E-state index in [0.29, 0.717) is 5.69 Å². The van der Waals surface area contributed by atoms with Gasteiger partial charge in [-0.05, 0) is 6.07 Å². The smallest absolute Gasteiger partial charge is 0.195 e. The standard InChI is InChI=1S/C5H5ClN2O/c6-3-5(9)4-1-2-7-8-4/h1-2H,3H2,(H,7,8). The van der Waals surface area contributed by atoms with Crippen molar-refractivity contribution in [2.45, 2.75) is 0 Å². The minimum Gasteiger partial charge on any atom is -0.291 e. The zero-order valence-corrected chi connectivity index (χ0v) is 5.35. The molecule has 3 nitrogen and oxygen atoms in total. The second kappa shape index (κ2) is 2.64. The Morgan fingerprint density at radius 2 is 2.67 bits per heavy atom. The van der Waals surface area contributed by atoms with Crippen LogP contribution in [0.25, 0.3) is 0 Å². The second-order valence-corrected chi connectivity index (χ2v) is 1.79. The van der Waals surface area contributed by atoms with E-state index in [1.807, 2.05) is 0 Å². The van der Waals surface area contributed by atoms with Crippen molar-refractivity contribution >= 4 is 17.4 Å². The molecule has 1 aromatic rings. The molecule has 0 aromatic carbocycles. The Kier molecular flexibility index (Phi) is 1.85. The molecule has 1 rings (SSSR count). The number of aromatic nitrogens is 2. The summed E-state index contributed by atoms with van der Waals surface area (Å²) < 4.78 is 0. The molecule has 0 saturated carbocycles. The number of carbonyl (C=O) groups is 1. The molecule has 48 valence electrons. The van der Waals surface area contributed by atoms with Gasteiger partial charge in [-0.25, -0.2) is 0 Å². The number of nitrogens with zero attached hydrogens (tertiary/aromatic N) is 1. The van der Waals surface area contributed by atoms with Crippen molar-refractivity contribution in [1.82, 2.24) is 10.2 Å². The number of nitrogens with one attached hydrogen (secondary N) is 1. The van der Waals surface area contributed by atoms with Gasteiger partial charge in [0.15, 0.2) is 5.78 Å². The molecule has 0 fully saturated rings. The number of Topliss-reactive ketones (excluding diaryl/α,β-unsaturated/α-hetero) is 1. The summed E-state index contributed by atoms with van der Waals surface area (Å²) in [6, 6.07) is 1.59. The topological polar surface area (TPSA) is 45.8 Å². The summed E-state index contributed by atoms with van der Waals surface area (Å²) in [6.07, 6.45) is 1.51. The average Bonchev–Trinajstić information content (AvgIpc) is 2.37. The van der Waals surface area contributed by atoms with Gasteiger partial charge in [-0.1, -0.05) is 0 Å². The van der Waals surface area contributed by atoms with Crippen molar-refractivity contribution in [3.63, 3.8) is 0 Å². The molecule has 0 atom stereocenters. The van der Waals surface area contributed by atoms with E-state index in [1.165, 1.54) is 6.20 Å². The first kappa shape index (κ1) is 6.29. The van der Waals surface area contributed by atoms with Gasteiger partial charge in [-0.15, -0.1) is 11.6 Å². The maximum Gasteiger partial charge on any atom is 0.195 e. The molecule has 4 heteroatoms. The minimum atomic E-state index is -0.130. The van der Waals surface area contributed by atoms with Crippen LogP contribution in [0.4, 0.5) is 0 Å². The van der Waals surface area contributed by atoms with E-state index in [2.05, 4.69) is 10.2 Å². The van der Waals surface area contributed by atoms with E-state index in [1.54, 1.807) is 6.07 Å². The fraction of sp³-hybridized carbons (Fsp3) is 0.200. The van der Waals surface area contributed by atoms with Crippen molar-refractivity contribution in [2.24, 2.45) is 0 Å². The van der Waals surface area contributed by atoms with Crippen LogP contribution in [0.15, 0.2) is 12.3 Å². The van der Waals surface area contributed by atoms with Gasteiger partial charge in [0.2, 0.25) is 0 Å². The van der Waals surface area contributed by atoms with E-state index >= 15 is 0 Å². The fourth-order valence-corrected chi connectivity index (χ4v) is 0.627. The highest BCUT2D eigenvalue weighted by molar-refractivity contribution is 6.30. The van der Waals surface area contributed by atoms with Gasteiger partial charge < -0.3 is 0 Å². The van der Waals surface area contributed by atoms with E-state index in [9.17, 15) is 4.79 Å². The Hall–Kier alpha value is -0.830. The maximum atomic E-state index is 10.7. The van der Waals surface area contributed by atoms with Gasteiger partial charge in [0.25, 0.3) is 0 Å². The summed E-state index contributed by atoms with van der Waals surface area (Å²) >= 11 is 5.25. The Balaban J connectivity index is 2.77. The maximum absolute atomic E-state index is 10.7. The molecule has 1 N–H and O–H groups in total. The number of alkyl halides is 1. The van der Waals surface area contributed by atoms with Crippen LogP contribution in [-0.4, -0.2) is 21.9 Å². The number of hydrogen-bond donors (Lipinski definition) is 1. The normalized spacial score (nSPS) is 9.44. The molecule has 0 aliphatic carbocycles. The van der Waals surface area contributed by atoms with Gasteiger partial charge in [-0.2, -0.15) is 5.10 Å². The molecular weight excluding hydrogens is 140 g/mol. The Labute approximate surface area is 57.0 Å². The third-order valence-corrected chi connectivity index (χ3v) is 1.17. The summed E-state index contributed by atoms with van der Waals surface area (Å²) in [5.41, 5.74) is 0.463. The molecule has 0 bridgehead atoms. The van der Waals surface area contributed by atoms with Gasteiger partial charge in [-0.3, -0.25) is 9.89 Å². The molecule has 1 heterocycles. The summed E-state index contributed by atoms with van der Waals surface area (Å²) in [5.74, 6) is -0.128. The highest BCUT2D eigenvalue weighted by atomic mass is 35.5. The van der Waals surface area contributed by atoms with Gasteiger partial charge in [0.1, 0.15) is 5.69 Å². The van der Waals surface area contributed by atoms with Crippen LogP contribution in [0.3, 0.4) is 0 Å². The lowest BCUT2D eigenvalue weighted by Gasteiger charge is -1.85. The largest absolute Gasteiger partial charge is 0.291 e. The second-order valence-electron chi connectivity index (χ2n) is 1.53. The number of halogens is 1. The van der Waals surface area contributed by atoms with E-state index in [4.69, 9.17) is 11.6 Å². The Morgan fingerprint density at radius 3 is 3.11 bits per heavy atom. The number of aromatic amines is 1. The Bertz CT molecular complexity index is 195. The number of rotatable bonds is 2. The quantitative estimate of drug-likeness (QED) is 0.494. The fourth-order valence-electron chi connectivity index (χ4n) is 0.483. The summed E-state index contributed by atoms with van der Waals surface area (Å²) in [6.45, 7) is 0. The third kappa shape index (κ3) is 1.29. The van der Waals surface area contributed by atoms with Crippen molar-refractivity contribution in [2.75, 3.05) is 5.88 Å². The lowest BCUT2D eigenvalue weighted by atomic mass is 10.3. The van der Waals surface area contributed by atoms with Crippen molar-refractivity contribution in [3.05, 3.63) is 18.0 Å². The van der Waals surface area contributed by atoms with E-state index in [0.717, 1.165) is 0 Å². The molecular formula is C5H5ClN2O. The molecule has 1 aromatic heterocycles. The molecule has 0 unspecified atom stereocenters. The zero-order valence-electron chi connectivity index (χ0n) is 4.60. The summed E-state index contributed by atoms with van der Waals surface area (Å²) in [7, 11) is 0. The summed E-state index contributed by atoms with van der Waals surface area (Å²) in [5, 5.41) is 6.09. The molecule has 0 spiro atoms. The first-order chi connectivity index (χ1) is 4.34. The molecule has 0 aliphatic rings. The first-order valence-electron chi connectivity index (χ1n) is 2.43. The molecule has 0 aliphatic heterocycles. The number of ketones is 1. The molecule has 9 heavy (non-hydrogen) atoms. The average molecular weight is 145 g/mol. The molecule has 0 radical (unpaired) electrons. The third-order valence-electron chi connectivity index (χ3n) is 0.923. The van der Waals surface area contributed by atoms with Crippen LogP contribution < -0.4 is 0 Å². The number of H-pyrrole nitrogens is 1. The van der Waals surface area contributed by atoms with Gasteiger partial charge >= 0.3 is 0 Å².